The van der Waals surface area contributed by atoms with E-state index >= 15 is 0 Å². The molecule has 2 heterocycles. The quantitative estimate of drug-likeness (QED) is 0.276. The van der Waals surface area contributed by atoms with Crippen molar-refractivity contribution in [3.63, 3.8) is 0 Å². The molecule has 4 atom stereocenters. The smallest absolute Gasteiger partial charge is 0.270 e. The Bertz CT molecular complexity index is 1140. The van der Waals surface area contributed by atoms with Crippen LogP contribution in [0.15, 0.2) is 48.5 Å². The third kappa shape index (κ3) is 6.30. The minimum Gasteiger partial charge on any atom is -0.346 e. The zero-order valence-corrected chi connectivity index (χ0v) is 20.3. The van der Waals surface area contributed by atoms with Crippen molar-refractivity contribution in [2.24, 2.45) is 17.8 Å². The Hall–Kier alpha value is -3.59. The van der Waals surface area contributed by atoms with E-state index < -0.39 is 53.3 Å². The van der Waals surface area contributed by atoms with Gasteiger partial charge < -0.3 is 10.6 Å². The minimum atomic E-state index is -1.16. The highest BCUT2D eigenvalue weighted by molar-refractivity contribution is 6.29. The molecule has 4 amide bonds. The van der Waals surface area contributed by atoms with Crippen molar-refractivity contribution >= 4 is 41.0 Å². The number of benzene rings is 1. The second-order valence-corrected chi connectivity index (χ2v) is 9.19. The summed E-state index contributed by atoms with van der Waals surface area (Å²) in [6.45, 7) is 4.99. The topological polar surface area (TPSA) is 134 Å². The lowest BCUT2D eigenvalue weighted by Gasteiger charge is -2.26. The molecule has 10 heteroatoms. The van der Waals surface area contributed by atoms with Crippen LogP contribution in [0.5, 0.6) is 0 Å². The molecule has 3 rings (SSSR count). The summed E-state index contributed by atoms with van der Waals surface area (Å²) in [7, 11) is 0. The molecule has 0 unspecified atom stereocenters. The number of hydrogen-bond acceptors (Lipinski definition) is 6. The summed E-state index contributed by atoms with van der Waals surface area (Å²) in [6.07, 6.45) is -0.168. The highest BCUT2D eigenvalue weighted by Gasteiger charge is 2.46. The Morgan fingerprint density at radius 3 is 2.26 bits per heavy atom. The summed E-state index contributed by atoms with van der Waals surface area (Å²) < 4.78 is 0. The molecule has 2 aromatic rings. The molecule has 1 aliphatic rings. The van der Waals surface area contributed by atoms with E-state index in [1.165, 1.54) is 13.0 Å². The number of halogens is 1. The molecule has 0 spiro atoms. The molecule has 35 heavy (non-hydrogen) atoms. The Kier molecular flexibility index (Phi) is 8.34. The van der Waals surface area contributed by atoms with Gasteiger partial charge in [0.15, 0.2) is 5.78 Å². The average molecular weight is 499 g/mol. The van der Waals surface area contributed by atoms with Gasteiger partial charge in [0.25, 0.3) is 5.91 Å². The maximum Gasteiger partial charge on any atom is 0.270 e. The van der Waals surface area contributed by atoms with E-state index in [-0.39, 0.29) is 23.2 Å². The van der Waals surface area contributed by atoms with Crippen molar-refractivity contribution < 1.29 is 24.0 Å². The van der Waals surface area contributed by atoms with E-state index in [1.807, 2.05) is 6.07 Å². The second kappa shape index (κ2) is 11.2. The second-order valence-electron chi connectivity index (χ2n) is 8.80. The van der Waals surface area contributed by atoms with Crippen LogP contribution in [-0.2, 0) is 19.2 Å². The van der Waals surface area contributed by atoms with Gasteiger partial charge >= 0.3 is 0 Å². The molecule has 1 saturated heterocycles. The molecule has 9 nitrogen and oxygen atoms in total. The Morgan fingerprint density at radius 1 is 1.00 bits per heavy atom. The van der Waals surface area contributed by atoms with Gasteiger partial charge in [0.05, 0.1) is 24.4 Å². The van der Waals surface area contributed by atoms with Crippen LogP contribution in [0.25, 0.3) is 0 Å². The first-order chi connectivity index (χ1) is 16.6. The number of amides is 4. The van der Waals surface area contributed by atoms with Crippen LogP contribution in [0.3, 0.4) is 0 Å². The lowest BCUT2D eigenvalue weighted by Crippen LogP contribution is -2.49. The monoisotopic (exact) mass is 498 g/mol. The molecule has 0 bridgehead atoms. The first-order valence-electron chi connectivity index (χ1n) is 11.2. The number of carbonyl (C=O) groups excluding carboxylic acids is 5. The fourth-order valence-electron chi connectivity index (χ4n) is 3.95. The number of rotatable bonds is 9. The highest BCUT2D eigenvalue weighted by atomic mass is 35.5. The fraction of sp³-hybridized carbons (Fsp3) is 0.360. The summed E-state index contributed by atoms with van der Waals surface area (Å²) in [6, 6.07) is 11.9. The molecule has 1 aliphatic heterocycles. The summed E-state index contributed by atoms with van der Waals surface area (Å²) in [4.78, 5) is 66.9. The van der Waals surface area contributed by atoms with Crippen molar-refractivity contribution in [3.05, 3.63) is 64.9 Å². The van der Waals surface area contributed by atoms with Crippen LogP contribution in [0, 0.1) is 17.8 Å². The first kappa shape index (κ1) is 26.0. The van der Waals surface area contributed by atoms with Gasteiger partial charge in [-0.3, -0.25) is 29.3 Å². The molecular formula is C25H27ClN4O5. The van der Waals surface area contributed by atoms with Gasteiger partial charge in [-0.2, -0.15) is 0 Å². The largest absolute Gasteiger partial charge is 0.346 e. The maximum atomic E-state index is 13.1. The van der Waals surface area contributed by atoms with Crippen LogP contribution < -0.4 is 16.0 Å². The van der Waals surface area contributed by atoms with E-state index in [4.69, 9.17) is 11.6 Å². The number of carbonyl (C=O) groups is 5. The first-order valence-corrected chi connectivity index (χ1v) is 11.6. The molecule has 1 aromatic heterocycles. The zero-order chi connectivity index (χ0) is 25.7. The molecule has 3 N–H and O–H groups in total. The molecule has 0 aliphatic carbocycles. The number of nitrogens with one attached hydrogen (secondary N) is 3. The van der Waals surface area contributed by atoms with Crippen LogP contribution in [-0.4, -0.2) is 40.4 Å². The third-order valence-corrected chi connectivity index (χ3v) is 6.09. The number of aromatic nitrogens is 1. The molecule has 0 radical (unpaired) electrons. The lowest BCUT2D eigenvalue weighted by molar-refractivity contribution is -0.137. The predicted molar refractivity (Wildman–Crippen MR) is 128 cm³/mol. The molecular weight excluding hydrogens is 472 g/mol. The Labute approximate surface area is 208 Å². The Morgan fingerprint density at radius 2 is 1.69 bits per heavy atom. The van der Waals surface area contributed by atoms with Gasteiger partial charge in [-0.25, -0.2) is 4.98 Å². The number of pyridine rings is 1. The van der Waals surface area contributed by atoms with Gasteiger partial charge in [0.2, 0.25) is 17.7 Å². The lowest BCUT2D eigenvalue weighted by atomic mass is 9.85. The van der Waals surface area contributed by atoms with Gasteiger partial charge in [-0.1, -0.05) is 68.8 Å². The Balaban J connectivity index is 1.77. The van der Waals surface area contributed by atoms with Gasteiger partial charge in [0, 0.05) is 0 Å². The van der Waals surface area contributed by atoms with Gasteiger partial charge in [-0.15, -0.1) is 0 Å². The number of hydrogen-bond donors (Lipinski definition) is 3. The fourth-order valence-corrected chi connectivity index (χ4v) is 4.11. The summed E-state index contributed by atoms with van der Waals surface area (Å²) in [5.41, 5.74) is 0.778. The standard InChI is InChI=1S/C25H27ClN4O5/c1-13(2)21(22(32)20-14(3)23(33)30-25(20)35)29-19(31)12-17(15-8-5-4-6-9-15)28-24(34)16-10-7-11-18(26)27-16/h4-11,13-14,17,20-21H,12H2,1-3H3,(H,28,34)(H,29,31)(H,30,33,35)/t14-,17+,20-,21-/m1/s1. The number of nitrogens with zero attached hydrogens (tertiary/aromatic N) is 1. The maximum absolute atomic E-state index is 13.1. The minimum absolute atomic E-state index is 0.0972. The predicted octanol–water partition coefficient (Wildman–Crippen LogP) is 2.21. The van der Waals surface area contributed by atoms with E-state index in [0.29, 0.717) is 5.56 Å². The summed E-state index contributed by atoms with van der Waals surface area (Å²) >= 11 is 5.89. The van der Waals surface area contributed by atoms with Crippen LogP contribution >= 0.6 is 11.6 Å². The van der Waals surface area contributed by atoms with Crippen molar-refractivity contribution in [1.82, 2.24) is 20.9 Å². The third-order valence-electron chi connectivity index (χ3n) is 5.88. The van der Waals surface area contributed by atoms with E-state index in [9.17, 15) is 24.0 Å². The number of imide groups is 1. The molecule has 184 valence electrons. The molecule has 0 saturated carbocycles. The van der Waals surface area contributed by atoms with Crippen LogP contribution in [0.1, 0.15) is 49.3 Å². The SMILES string of the molecule is CC(C)[C@@H](NC(=O)C[C@H](NC(=O)c1cccc(Cl)n1)c1ccccc1)C(=O)[C@@H]1C(=O)NC(=O)[C@@H]1C. The van der Waals surface area contributed by atoms with E-state index in [1.54, 1.807) is 50.2 Å². The summed E-state index contributed by atoms with van der Waals surface area (Å²) in [5, 5.41) is 7.83. The number of ketones is 1. The molecule has 1 aromatic carbocycles. The van der Waals surface area contributed by atoms with Crippen LogP contribution in [0.4, 0.5) is 0 Å². The normalized spacial score (nSPS) is 19.1. The van der Waals surface area contributed by atoms with Gasteiger partial charge in [-0.05, 0) is 23.6 Å². The number of Topliss-reactive ketones (excluding diaryl/α,β-unsaturated/α-hetero) is 1. The van der Waals surface area contributed by atoms with Crippen molar-refractivity contribution in [1.29, 1.82) is 0 Å². The molecule has 1 fully saturated rings. The van der Waals surface area contributed by atoms with E-state index in [0.717, 1.165) is 0 Å². The zero-order valence-electron chi connectivity index (χ0n) is 19.6. The average Bonchev–Trinajstić information content (AvgIpc) is 3.07. The summed E-state index contributed by atoms with van der Waals surface area (Å²) in [5.74, 6) is -5.00. The van der Waals surface area contributed by atoms with Crippen LogP contribution in [0.2, 0.25) is 5.15 Å². The van der Waals surface area contributed by atoms with Crippen molar-refractivity contribution in [3.8, 4) is 0 Å². The van der Waals surface area contributed by atoms with Crippen molar-refractivity contribution in [2.45, 2.75) is 39.3 Å². The van der Waals surface area contributed by atoms with Crippen molar-refractivity contribution in [2.75, 3.05) is 0 Å². The highest BCUT2D eigenvalue weighted by Crippen LogP contribution is 2.24. The van der Waals surface area contributed by atoms with Gasteiger partial charge in [0.1, 0.15) is 16.8 Å². The van der Waals surface area contributed by atoms with E-state index in [2.05, 4.69) is 20.9 Å².